The lowest BCUT2D eigenvalue weighted by molar-refractivity contribution is -0.134. The van der Waals surface area contributed by atoms with Gasteiger partial charge in [-0.15, -0.1) is 0 Å². The second-order valence-corrected chi connectivity index (χ2v) is 5.30. The molecule has 2 heterocycles. The number of carboxylic acids is 2. The Kier molecular flexibility index (Phi) is 6.43. The molecule has 3 rings (SSSR count). The van der Waals surface area contributed by atoms with E-state index in [9.17, 15) is 14.4 Å². The lowest BCUT2D eigenvalue weighted by atomic mass is 10.2. The highest BCUT2D eigenvalue weighted by atomic mass is 16.4. The Hall–Kier alpha value is -3.94. The number of anilines is 1. The Balaban J connectivity index is 0.000000279. The molecule has 0 aliphatic rings. The van der Waals surface area contributed by atoms with Crippen LogP contribution in [-0.4, -0.2) is 45.1 Å². The first-order valence-corrected chi connectivity index (χ1v) is 7.77. The van der Waals surface area contributed by atoms with Crippen LogP contribution in [0, 0.1) is 0 Å². The number of aliphatic carboxylic acids is 2. The number of carbonyl (C=O) groups excluding carboxylic acids is 1. The molecule has 0 aliphatic heterocycles. The van der Waals surface area contributed by atoms with Crippen LogP contribution in [0.1, 0.15) is 10.4 Å². The quantitative estimate of drug-likeness (QED) is 0.526. The van der Waals surface area contributed by atoms with Crippen LogP contribution in [0.3, 0.4) is 0 Å². The third-order valence-electron chi connectivity index (χ3n) is 3.58. The number of benzene rings is 1. The highest BCUT2D eigenvalue weighted by molar-refractivity contribution is 5.98. The van der Waals surface area contributed by atoms with Gasteiger partial charge in [0.15, 0.2) is 6.29 Å². The van der Waals surface area contributed by atoms with E-state index in [1.807, 2.05) is 59.3 Å². The molecular weight excluding hydrogens is 350 g/mol. The number of carbonyl (C=O) groups is 3. The number of fused-ring (bicyclic) bond motifs is 1. The van der Waals surface area contributed by atoms with E-state index >= 15 is 0 Å². The van der Waals surface area contributed by atoms with Crippen LogP contribution >= 0.6 is 0 Å². The molecule has 2 aromatic heterocycles. The predicted molar refractivity (Wildman–Crippen MR) is 99.8 cm³/mol. The molecule has 8 heteroatoms. The predicted octanol–water partition coefficient (Wildman–Crippen LogP) is 2.46. The van der Waals surface area contributed by atoms with Gasteiger partial charge < -0.3 is 10.2 Å². The zero-order valence-corrected chi connectivity index (χ0v) is 14.4. The van der Waals surface area contributed by atoms with E-state index in [0.29, 0.717) is 17.7 Å². The van der Waals surface area contributed by atoms with E-state index in [2.05, 4.69) is 4.98 Å². The second-order valence-electron chi connectivity index (χ2n) is 5.30. The number of carboxylic acid groups (broad SMARTS) is 2. The van der Waals surface area contributed by atoms with Gasteiger partial charge in [0.25, 0.3) is 0 Å². The van der Waals surface area contributed by atoms with Crippen molar-refractivity contribution in [1.82, 2.24) is 9.66 Å². The third kappa shape index (κ3) is 5.02. The van der Waals surface area contributed by atoms with Gasteiger partial charge in [0, 0.05) is 48.7 Å². The second kappa shape index (κ2) is 8.95. The summed E-state index contributed by atoms with van der Waals surface area (Å²) in [5.74, 6) is -2.51. The third-order valence-corrected chi connectivity index (χ3v) is 3.58. The largest absolute Gasteiger partial charge is 0.478 e. The summed E-state index contributed by atoms with van der Waals surface area (Å²) >= 11 is 0. The van der Waals surface area contributed by atoms with Crippen molar-refractivity contribution in [1.29, 1.82) is 0 Å². The topological polar surface area (TPSA) is 113 Å². The molecule has 3 aromatic rings. The fourth-order valence-electron chi connectivity index (χ4n) is 2.36. The van der Waals surface area contributed by atoms with Crippen LogP contribution in [0.5, 0.6) is 0 Å². The van der Waals surface area contributed by atoms with Crippen molar-refractivity contribution in [3.63, 3.8) is 0 Å². The van der Waals surface area contributed by atoms with Crippen LogP contribution < -0.4 is 5.01 Å². The normalized spacial score (nSPS) is 10.3. The van der Waals surface area contributed by atoms with Crippen molar-refractivity contribution >= 4 is 34.8 Å². The number of pyridine rings is 1. The van der Waals surface area contributed by atoms with Crippen LogP contribution in [0.25, 0.3) is 10.9 Å². The minimum absolute atomic E-state index is 0.558. The SMILES string of the molecule is CN(c1ccncc1)n1cc(C=O)c2ccccc21.O=C(O)/C=C\C(=O)O. The highest BCUT2D eigenvalue weighted by Gasteiger charge is 2.11. The summed E-state index contributed by atoms with van der Waals surface area (Å²) in [7, 11) is 1.95. The Morgan fingerprint density at radius 3 is 2.19 bits per heavy atom. The van der Waals surface area contributed by atoms with Gasteiger partial charge >= 0.3 is 11.9 Å². The maximum Gasteiger partial charge on any atom is 0.328 e. The van der Waals surface area contributed by atoms with Crippen molar-refractivity contribution in [3.05, 3.63) is 72.7 Å². The molecule has 8 nitrogen and oxygen atoms in total. The van der Waals surface area contributed by atoms with Gasteiger partial charge in [-0.1, -0.05) is 18.2 Å². The molecule has 0 saturated heterocycles. The van der Waals surface area contributed by atoms with E-state index in [-0.39, 0.29) is 0 Å². The smallest absolute Gasteiger partial charge is 0.328 e. The maximum absolute atomic E-state index is 11.2. The lowest BCUT2D eigenvalue weighted by Gasteiger charge is -2.21. The van der Waals surface area contributed by atoms with E-state index in [0.717, 1.165) is 22.9 Å². The summed E-state index contributed by atoms with van der Waals surface area (Å²) in [4.78, 5) is 34.3. The Bertz CT molecular complexity index is 963. The summed E-state index contributed by atoms with van der Waals surface area (Å²) in [6.07, 6.45) is 7.35. The first-order chi connectivity index (χ1) is 12.9. The maximum atomic E-state index is 11.2. The van der Waals surface area contributed by atoms with Gasteiger partial charge in [-0.2, -0.15) is 0 Å². The van der Waals surface area contributed by atoms with E-state index in [1.165, 1.54) is 0 Å². The molecule has 1 aromatic carbocycles. The summed E-state index contributed by atoms with van der Waals surface area (Å²) in [6, 6.07) is 11.7. The zero-order valence-electron chi connectivity index (χ0n) is 14.4. The van der Waals surface area contributed by atoms with Crippen molar-refractivity contribution in [2.45, 2.75) is 0 Å². The molecule has 0 fully saturated rings. The van der Waals surface area contributed by atoms with Crippen molar-refractivity contribution < 1.29 is 24.6 Å². The standard InChI is InChI=1S/C15H13N3O.C4H4O4/c1-17(13-6-8-16-9-7-13)18-10-12(11-19)14-4-2-3-5-15(14)18;5-3(6)1-2-4(7)8/h2-11H,1H3;1-2H,(H,5,6)(H,7,8)/b;2-1-. The number of nitrogens with zero attached hydrogens (tertiary/aromatic N) is 3. The summed E-state index contributed by atoms with van der Waals surface area (Å²) < 4.78 is 1.97. The minimum atomic E-state index is -1.26. The van der Waals surface area contributed by atoms with Gasteiger partial charge in [0.05, 0.1) is 11.2 Å². The average molecular weight is 367 g/mol. The number of hydrogen-bond donors (Lipinski definition) is 2. The molecule has 0 aliphatic carbocycles. The van der Waals surface area contributed by atoms with Gasteiger partial charge in [-0.25, -0.2) is 9.59 Å². The Morgan fingerprint density at radius 1 is 1.04 bits per heavy atom. The summed E-state index contributed by atoms with van der Waals surface area (Å²) in [6.45, 7) is 0. The Morgan fingerprint density at radius 2 is 1.63 bits per heavy atom. The summed E-state index contributed by atoms with van der Waals surface area (Å²) in [5, 5.41) is 18.6. The molecule has 0 saturated carbocycles. The van der Waals surface area contributed by atoms with Crippen LogP contribution in [0.15, 0.2) is 67.1 Å². The van der Waals surface area contributed by atoms with Gasteiger partial charge in [-0.3, -0.25) is 19.5 Å². The van der Waals surface area contributed by atoms with E-state index in [4.69, 9.17) is 10.2 Å². The molecular formula is C19H17N3O5. The molecule has 27 heavy (non-hydrogen) atoms. The molecule has 0 radical (unpaired) electrons. The van der Waals surface area contributed by atoms with E-state index < -0.39 is 11.9 Å². The molecule has 0 atom stereocenters. The number of rotatable bonds is 5. The van der Waals surface area contributed by atoms with Gasteiger partial charge in [0.2, 0.25) is 0 Å². The fraction of sp³-hybridized carbons (Fsp3) is 0.0526. The van der Waals surface area contributed by atoms with E-state index in [1.54, 1.807) is 12.4 Å². The minimum Gasteiger partial charge on any atom is -0.478 e. The van der Waals surface area contributed by atoms with Crippen LogP contribution in [0.2, 0.25) is 0 Å². The van der Waals surface area contributed by atoms with Crippen molar-refractivity contribution in [2.75, 3.05) is 12.1 Å². The average Bonchev–Trinajstić information content (AvgIpc) is 3.06. The molecule has 2 N–H and O–H groups in total. The number of hydrogen-bond acceptors (Lipinski definition) is 5. The summed E-state index contributed by atoms with van der Waals surface area (Å²) in [5.41, 5.74) is 2.70. The highest BCUT2D eigenvalue weighted by Crippen LogP contribution is 2.22. The molecule has 0 bridgehead atoms. The molecule has 0 spiro atoms. The Labute approximate surface area is 154 Å². The monoisotopic (exact) mass is 367 g/mol. The van der Waals surface area contributed by atoms with Crippen molar-refractivity contribution in [2.24, 2.45) is 0 Å². The molecule has 0 unspecified atom stereocenters. The number of para-hydroxylation sites is 1. The number of aromatic nitrogens is 2. The number of aldehydes is 1. The molecule has 138 valence electrons. The van der Waals surface area contributed by atoms with Gasteiger partial charge in [0.1, 0.15) is 0 Å². The lowest BCUT2D eigenvalue weighted by Crippen LogP contribution is -2.23. The first-order valence-electron chi connectivity index (χ1n) is 7.77. The van der Waals surface area contributed by atoms with Crippen molar-refractivity contribution in [3.8, 4) is 0 Å². The zero-order chi connectivity index (χ0) is 19.8. The van der Waals surface area contributed by atoms with Crippen LogP contribution in [-0.2, 0) is 9.59 Å². The fourth-order valence-corrected chi connectivity index (χ4v) is 2.36. The van der Waals surface area contributed by atoms with Gasteiger partial charge in [-0.05, 0) is 18.2 Å². The molecule has 0 amide bonds. The van der Waals surface area contributed by atoms with Crippen LogP contribution in [0.4, 0.5) is 5.69 Å². The first kappa shape index (κ1) is 19.4.